The molecule has 3 atom stereocenters. The Morgan fingerprint density at radius 1 is 0.971 bits per heavy atom. The van der Waals surface area contributed by atoms with Crippen molar-refractivity contribution in [3.63, 3.8) is 0 Å². The smallest absolute Gasteiger partial charge is 0.226 e. The molecule has 186 valence electrons. The van der Waals surface area contributed by atoms with E-state index < -0.39 is 38.7 Å². The number of ether oxygens (including phenoxy) is 1. The second kappa shape index (κ2) is 9.54. The van der Waals surface area contributed by atoms with Crippen LogP contribution in [0.1, 0.15) is 43.6 Å². The Morgan fingerprint density at radius 3 is 2.37 bits per heavy atom. The molecule has 1 amide bonds. The minimum Gasteiger partial charge on any atom is -0.488 e. The first-order valence-electron chi connectivity index (χ1n) is 11.9. The molecule has 1 aliphatic carbocycles. The lowest BCUT2D eigenvalue weighted by atomic mass is 9.85. The highest BCUT2D eigenvalue weighted by Gasteiger charge is 2.42. The summed E-state index contributed by atoms with van der Waals surface area (Å²) in [5.74, 6) is -2.46. The van der Waals surface area contributed by atoms with Crippen molar-refractivity contribution in [2.24, 2.45) is 5.92 Å². The van der Waals surface area contributed by atoms with Crippen molar-refractivity contribution in [1.82, 2.24) is 4.90 Å². The van der Waals surface area contributed by atoms with Crippen LogP contribution in [0, 0.1) is 17.6 Å². The van der Waals surface area contributed by atoms with Gasteiger partial charge in [-0.05, 0) is 55.7 Å². The summed E-state index contributed by atoms with van der Waals surface area (Å²) in [5, 5.41) is -0.518. The lowest BCUT2D eigenvalue weighted by molar-refractivity contribution is -0.139. The van der Waals surface area contributed by atoms with E-state index >= 15 is 4.39 Å². The molecular weight excluding hydrogens is 496 g/mol. The summed E-state index contributed by atoms with van der Waals surface area (Å²) in [6.07, 6.45) is 6.82. The molecule has 3 aliphatic rings. The number of carbonyl (C=O) groups is 1. The third-order valence-electron chi connectivity index (χ3n) is 7.36. The summed E-state index contributed by atoms with van der Waals surface area (Å²) >= 11 is 5.93. The van der Waals surface area contributed by atoms with Crippen molar-refractivity contribution in [3.05, 3.63) is 70.8 Å². The monoisotopic (exact) mass is 521 g/mol. The number of nitrogens with zero attached hydrogens (tertiary/aromatic N) is 1. The quantitative estimate of drug-likeness (QED) is 0.515. The number of fused-ring (bicyclic) bond motifs is 3. The fourth-order valence-corrected chi connectivity index (χ4v) is 7.19. The molecule has 0 N–H and O–H groups in total. The Morgan fingerprint density at radius 2 is 1.66 bits per heavy atom. The van der Waals surface area contributed by atoms with Gasteiger partial charge in [0.2, 0.25) is 5.91 Å². The third kappa shape index (κ3) is 4.47. The molecule has 5 rings (SSSR count). The first-order valence-corrected chi connectivity index (χ1v) is 13.8. The van der Waals surface area contributed by atoms with Gasteiger partial charge in [0.25, 0.3) is 0 Å². The van der Waals surface area contributed by atoms with Crippen molar-refractivity contribution in [2.45, 2.75) is 54.2 Å². The van der Waals surface area contributed by atoms with E-state index in [1.165, 1.54) is 24.3 Å². The molecule has 9 heteroatoms. The number of halogens is 3. The summed E-state index contributed by atoms with van der Waals surface area (Å²) in [5.41, 5.74) is 0.0197. The first kappa shape index (κ1) is 24.3. The molecule has 2 aromatic rings. The highest BCUT2D eigenvalue weighted by molar-refractivity contribution is 7.92. The number of hydrogen-bond acceptors (Lipinski definition) is 4. The van der Waals surface area contributed by atoms with E-state index in [1.54, 1.807) is 17.1 Å². The summed E-state index contributed by atoms with van der Waals surface area (Å²) in [6, 6.07) is 7.43. The van der Waals surface area contributed by atoms with E-state index in [0.717, 1.165) is 37.8 Å². The van der Waals surface area contributed by atoms with Gasteiger partial charge in [-0.2, -0.15) is 0 Å². The largest absolute Gasteiger partial charge is 0.488 e. The summed E-state index contributed by atoms with van der Waals surface area (Å²) in [6.45, 7) is 0.184. The van der Waals surface area contributed by atoms with Gasteiger partial charge in [-0.3, -0.25) is 4.79 Å². The van der Waals surface area contributed by atoms with Gasteiger partial charge in [0.1, 0.15) is 12.4 Å². The molecule has 1 saturated carbocycles. The van der Waals surface area contributed by atoms with Crippen molar-refractivity contribution in [2.75, 3.05) is 13.2 Å². The molecular formula is C26H26ClF2NO4S. The maximum absolute atomic E-state index is 15.0. The van der Waals surface area contributed by atoms with Crippen LogP contribution in [0.4, 0.5) is 8.78 Å². The highest BCUT2D eigenvalue weighted by atomic mass is 35.5. The van der Waals surface area contributed by atoms with Crippen LogP contribution >= 0.6 is 11.6 Å². The summed E-state index contributed by atoms with van der Waals surface area (Å²) in [4.78, 5) is 15.3. The van der Waals surface area contributed by atoms with E-state index in [4.69, 9.17) is 16.3 Å². The standard InChI is InChI=1S/C26H26ClF2NO4S/c27-17-5-7-18(8-6-17)35(32,33)19-9-10-20-23(15-34-25-22(29)12-11-21(28)24(20)25)30(14-13-19)26(31)16-3-1-2-4-16/h5-12,16,19-20,23H,1-4,13-15H2/b10-9+/t19?,20?,23-/m0/s1. The molecule has 2 unspecified atom stereocenters. The predicted octanol–water partition coefficient (Wildman–Crippen LogP) is 5.28. The molecule has 5 nitrogen and oxygen atoms in total. The molecule has 2 aromatic carbocycles. The van der Waals surface area contributed by atoms with Crippen LogP contribution in [0.5, 0.6) is 5.75 Å². The van der Waals surface area contributed by atoms with Crippen molar-refractivity contribution in [3.8, 4) is 5.75 Å². The Bertz CT molecular complexity index is 1260. The minimum atomic E-state index is -3.80. The number of rotatable bonds is 3. The fraction of sp³-hybridized carbons (Fsp3) is 0.423. The maximum atomic E-state index is 15.0. The molecule has 1 fully saturated rings. The minimum absolute atomic E-state index is 0.00937. The zero-order chi connectivity index (χ0) is 24.7. The molecule has 0 aromatic heterocycles. The van der Waals surface area contributed by atoms with Gasteiger partial charge in [-0.1, -0.05) is 36.6 Å². The number of benzene rings is 2. The molecule has 2 heterocycles. The maximum Gasteiger partial charge on any atom is 0.226 e. The second-order valence-corrected chi connectivity index (χ2v) is 12.0. The fourth-order valence-electron chi connectivity index (χ4n) is 5.49. The molecule has 0 spiro atoms. The zero-order valence-electron chi connectivity index (χ0n) is 19.0. The van der Waals surface area contributed by atoms with Gasteiger partial charge in [0, 0.05) is 29.0 Å². The van der Waals surface area contributed by atoms with Crippen LogP contribution < -0.4 is 4.74 Å². The normalized spacial score (nSPS) is 25.7. The zero-order valence-corrected chi connectivity index (χ0v) is 20.6. The first-order chi connectivity index (χ1) is 16.8. The molecule has 35 heavy (non-hydrogen) atoms. The van der Waals surface area contributed by atoms with Crippen LogP contribution in [-0.2, 0) is 14.6 Å². The Kier molecular flexibility index (Phi) is 6.61. The lowest BCUT2D eigenvalue weighted by Crippen LogP contribution is -2.52. The number of hydrogen-bond donors (Lipinski definition) is 0. The van der Waals surface area contributed by atoms with Crippen LogP contribution in [-0.4, -0.2) is 43.7 Å². The van der Waals surface area contributed by atoms with E-state index in [0.29, 0.717) is 5.02 Å². The topological polar surface area (TPSA) is 63.7 Å². The average Bonchev–Trinajstić information content (AvgIpc) is 3.37. The average molecular weight is 522 g/mol. The molecule has 0 saturated heterocycles. The van der Waals surface area contributed by atoms with Gasteiger partial charge in [-0.25, -0.2) is 17.2 Å². The van der Waals surface area contributed by atoms with Crippen LogP contribution in [0.2, 0.25) is 5.02 Å². The molecule has 0 radical (unpaired) electrons. The molecule has 2 aliphatic heterocycles. The van der Waals surface area contributed by atoms with Crippen molar-refractivity contribution >= 4 is 27.3 Å². The Labute approximate surface area is 208 Å². The second-order valence-electron chi connectivity index (χ2n) is 9.40. The van der Waals surface area contributed by atoms with E-state index in [1.807, 2.05) is 0 Å². The van der Waals surface area contributed by atoms with Crippen LogP contribution in [0.25, 0.3) is 0 Å². The van der Waals surface area contributed by atoms with Gasteiger partial charge in [-0.15, -0.1) is 0 Å². The Hall–Kier alpha value is -2.45. The predicted molar refractivity (Wildman–Crippen MR) is 128 cm³/mol. The van der Waals surface area contributed by atoms with Gasteiger partial charge in [0.15, 0.2) is 21.4 Å². The van der Waals surface area contributed by atoms with Gasteiger partial charge in [0.05, 0.1) is 16.2 Å². The highest BCUT2D eigenvalue weighted by Crippen LogP contribution is 2.42. The third-order valence-corrected chi connectivity index (χ3v) is 9.73. The number of sulfone groups is 1. The van der Waals surface area contributed by atoms with Gasteiger partial charge >= 0.3 is 0 Å². The lowest BCUT2D eigenvalue weighted by Gasteiger charge is -2.42. The molecule has 0 bridgehead atoms. The van der Waals surface area contributed by atoms with E-state index in [2.05, 4.69) is 0 Å². The summed E-state index contributed by atoms with van der Waals surface area (Å²) < 4.78 is 62.1. The number of carbonyl (C=O) groups excluding carboxylic acids is 1. The van der Waals surface area contributed by atoms with E-state index in [9.17, 15) is 17.6 Å². The number of amides is 1. The Balaban J connectivity index is 1.58. The van der Waals surface area contributed by atoms with Crippen molar-refractivity contribution < 1.29 is 26.7 Å². The van der Waals surface area contributed by atoms with Crippen molar-refractivity contribution in [1.29, 1.82) is 0 Å². The van der Waals surface area contributed by atoms with Crippen LogP contribution in [0.3, 0.4) is 0 Å². The summed E-state index contributed by atoms with van der Waals surface area (Å²) in [7, 11) is -3.80. The van der Waals surface area contributed by atoms with Crippen LogP contribution in [0.15, 0.2) is 53.4 Å². The SMILES string of the molecule is O=C(C1CCCC1)N1CCC(S(=O)(=O)c2ccc(Cl)cc2)/C=C/C2c3c(F)ccc(F)c3OC[C@@H]21. The van der Waals surface area contributed by atoms with E-state index in [-0.39, 0.29) is 47.6 Å². The van der Waals surface area contributed by atoms with Gasteiger partial charge < -0.3 is 9.64 Å².